The molecule has 1 atom stereocenters. The highest BCUT2D eigenvalue weighted by Gasteiger charge is 2.23. The Morgan fingerprint density at radius 1 is 1.14 bits per heavy atom. The van der Waals surface area contributed by atoms with Crippen LogP contribution < -0.4 is 0 Å². The van der Waals surface area contributed by atoms with Crippen LogP contribution in [-0.2, 0) is 9.59 Å². The van der Waals surface area contributed by atoms with Crippen LogP contribution in [0.3, 0.4) is 0 Å². The van der Waals surface area contributed by atoms with Gasteiger partial charge in [-0.25, -0.2) is 0 Å². The summed E-state index contributed by atoms with van der Waals surface area (Å²) in [6, 6.07) is 0. The van der Waals surface area contributed by atoms with E-state index in [0.717, 1.165) is 12.8 Å². The summed E-state index contributed by atoms with van der Waals surface area (Å²) >= 11 is 0. The second-order valence-corrected chi connectivity index (χ2v) is 3.55. The van der Waals surface area contributed by atoms with E-state index >= 15 is 0 Å². The molecule has 14 heavy (non-hydrogen) atoms. The van der Waals surface area contributed by atoms with Crippen LogP contribution in [0.5, 0.6) is 0 Å². The first-order valence-corrected chi connectivity index (χ1v) is 4.95. The van der Waals surface area contributed by atoms with Gasteiger partial charge in [0, 0.05) is 0 Å². The third-order valence-corrected chi connectivity index (χ3v) is 2.54. The molecule has 1 unspecified atom stereocenters. The zero-order chi connectivity index (χ0) is 11.1. The van der Waals surface area contributed by atoms with E-state index in [1.54, 1.807) is 0 Å². The molecule has 0 aliphatic rings. The molecular formula is C10H18O4. The van der Waals surface area contributed by atoms with Crippen molar-refractivity contribution in [1.29, 1.82) is 0 Å². The molecule has 0 aromatic heterocycles. The molecule has 0 aromatic carbocycles. The molecule has 0 aliphatic carbocycles. The van der Waals surface area contributed by atoms with Gasteiger partial charge in [-0.15, -0.1) is 0 Å². The lowest BCUT2D eigenvalue weighted by Crippen LogP contribution is -2.20. The summed E-state index contributed by atoms with van der Waals surface area (Å²) in [6.07, 6.45) is 2.00. The van der Waals surface area contributed by atoms with Gasteiger partial charge in [0.1, 0.15) is 0 Å². The van der Waals surface area contributed by atoms with E-state index in [2.05, 4.69) is 0 Å². The number of carboxylic acids is 2. The number of hydrogen-bond donors (Lipinski definition) is 2. The molecule has 2 N–H and O–H groups in total. The Labute approximate surface area is 83.9 Å². The standard InChI is InChI=1S/C10H18O4/c1-3-7(4-2)5-8(10(13)14)6-9(11)12/h7-8H,3-6H2,1-2H3,(H,11,12)(H,13,14). The van der Waals surface area contributed by atoms with Crippen molar-refractivity contribution in [1.82, 2.24) is 0 Å². The van der Waals surface area contributed by atoms with Crippen LogP contribution in [0.4, 0.5) is 0 Å². The second kappa shape index (κ2) is 6.40. The maximum absolute atomic E-state index is 10.7. The van der Waals surface area contributed by atoms with E-state index in [0.29, 0.717) is 12.3 Å². The average molecular weight is 202 g/mol. The van der Waals surface area contributed by atoms with E-state index < -0.39 is 17.9 Å². The first-order chi connectivity index (χ1) is 6.51. The highest BCUT2D eigenvalue weighted by Crippen LogP contribution is 2.21. The van der Waals surface area contributed by atoms with Crippen molar-refractivity contribution in [3.63, 3.8) is 0 Å². The van der Waals surface area contributed by atoms with Crippen LogP contribution in [0, 0.1) is 11.8 Å². The van der Waals surface area contributed by atoms with Crippen LogP contribution in [0.2, 0.25) is 0 Å². The highest BCUT2D eigenvalue weighted by molar-refractivity contribution is 5.77. The fourth-order valence-corrected chi connectivity index (χ4v) is 1.51. The maximum atomic E-state index is 10.7. The Balaban J connectivity index is 4.21. The van der Waals surface area contributed by atoms with Gasteiger partial charge in [0.05, 0.1) is 12.3 Å². The Kier molecular flexibility index (Phi) is 5.92. The average Bonchev–Trinajstić information content (AvgIpc) is 2.11. The molecule has 0 saturated heterocycles. The Hall–Kier alpha value is -1.06. The fourth-order valence-electron chi connectivity index (χ4n) is 1.51. The minimum Gasteiger partial charge on any atom is -0.481 e. The van der Waals surface area contributed by atoms with E-state index in [4.69, 9.17) is 10.2 Å². The molecule has 4 nitrogen and oxygen atoms in total. The van der Waals surface area contributed by atoms with E-state index in [-0.39, 0.29) is 6.42 Å². The van der Waals surface area contributed by atoms with Gasteiger partial charge in [-0.2, -0.15) is 0 Å². The smallest absolute Gasteiger partial charge is 0.307 e. The molecule has 0 aliphatic heterocycles. The van der Waals surface area contributed by atoms with Crippen molar-refractivity contribution in [3.8, 4) is 0 Å². The normalized spacial score (nSPS) is 12.8. The van der Waals surface area contributed by atoms with Gasteiger partial charge >= 0.3 is 11.9 Å². The van der Waals surface area contributed by atoms with Crippen molar-refractivity contribution in [2.45, 2.75) is 39.5 Å². The third kappa shape index (κ3) is 4.84. The lowest BCUT2D eigenvalue weighted by molar-refractivity contribution is -0.148. The first kappa shape index (κ1) is 12.9. The molecule has 0 rings (SSSR count). The fraction of sp³-hybridized carbons (Fsp3) is 0.800. The molecule has 0 fully saturated rings. The minimum atomic E-state index is -1.04. The van der Waals surface area contributed by atoms with Crippen molar-refractivity contribution in [2.24, 2.45) is 11.8 Å². The van der Waals surface area contributed by atoms with Gasteiger partial charge in [0.2, 0.25) is 0 Å². The predicted octanol–water partition coefficient (Wildman–Crippen LogP) is 1.99. The monoisotopic (exact) mass is 202 g/mol. The lowest BCUT2D eigenvalue weighted by atomic mass is 9.89. The molecule has 0 spiro atoms. The summed E-state index contributed by atoms with van der Waals surface area (Å²) in [4.78, 5) is 21.1. The molecule has 0 radical (unpaired) electrons. The van der Waals surface area contributed by atoms with Crippen molar-refractivity contribution >= 4 is 11.9 Å². The molecule has 0 saturated carbocycles. The number of hydrogen-bond acceptors (Lipinski definition) is 2. The summed E-state index contributed by atoms with van der Waals surface area (Å²) in [5.74, 6) is -2.46. The Morgan fingerprint density at radius 2 is 1.64 bits per heavy atom. The van der Waals surface area contributed by atoms with Gasteiger partial charge in [-0.05, 0) is 12.3 Å². The number of aliphatic carboxylic acids is 2. The zero-order valence-electron chi connectivity index (χ0n) is 8.69. The van der Waals surface area contributed by atoms with Gasteiger partial charge in [0.15, 0.2) is 0 Å². The van der Waals surface area contributed by atoms with Crippen molar-refractivity contribution in [3.05, 3.63) is 0 Å². The number of carboxylic acid groups (broad SMARTS) is 2. The first-order valence-electron chi connectivity index (χ1n) is 4.95. The number of carbonyl (C=O) groups is 2. The number of rotatable bonds is 7. The maximum Gasteiger partial charge on any atom is 0.307 e. The summed E-state index contributed by atoms with van der Waals surface area (Å²) < 4.78 is 0. The molecule has 82 valence electrons. The largest absolute Gasteiger partial charge is 0.481 e. The van der Waals surface area contributed by atoms with Crippen LogP contribution in [-0.4, -0.2) is 22.2 Å². The summed E-state index contributed by atoms with van der Waals surface area (Å²) in [5, 5.41) is 17.3. The molecule has 0 amide bonds. The van der Waals surface area contributed by atoms with Gasteiger partial charge in [-0.1, -0.05) is 26.7 Å². The summed E-state index contributed by atoms with van der Waals surface area (Å²) in [5.41, 5.74) is 0. The zero-order valence-corrected chi connectivity index (χ0v) is 8.69. The minimum absolute atomic E-state index is 0.272. The Bertz CT molecular complexity index is 196. The molecule has 0 heterocycles. The quantitative estimate of drug-likeness (QED) is 0.662. The molecule has 4 heteroatoms. The van der Waals surface area contributed by atoms with Crippen LogP contribution in [0.15, 0.2) is 0 Å². The van der Waals surface area contributed by atoms with E-state index in [9.17, 15) is 9.59 Å². The summed E-state index contributed by atoms with van der Waals surface area (Å²) in [6.45, 7) is 3.99. The van der Waals surface area contributed by atoms with Gasteiger partial charge in [-0.3, -0.25) is 9.59 Å². The van der Waals surface area contributed by atoms with Crippen LogP contribution in [0.1, 0.15) is 39.5 Å². The second-order valence-electron chi connectivity index (χ2n) is 3.55. The molecule has 0 bridgehead atoms. The topological polar surface area (TPSA) is 74.6 Å². The highest BCUT2D eigenvalue weighted by atomic mass is 16.4. The van der Waals surface area contributed by atoms with E-state index in [1.165, 1.54) is 0 Å². The SMILES string of the molecule is CCC(CC)CC(CC(=O)O)C(=O)O. The van der Waals surface area contributed by atoms with Crippen molar-refractivity contribution < 1.29 is 19.8 Å². The summed E-state index contributed by atoms with van der Waals surface area (Å²) in [7, 11) is 0. The third-order valence-electron chi connectivity index (χ3n) is 2.54. The van der Waals surface area contributed by atoms with E-state index in [1.807, 2.05) is 13.8 Å². The Morgan fingerprint density at radius 3 is 1.93 bits per heavy atom. The molecule has 0 aromatic rings. The predicted molar refractivity (Wildman–Crippen MR) is 52.1 cm³/mol. The van der Waals surface area contributed by atoms with Gasteiger partial charge in [0.25, 0.3) is 0 Å². The van der Waals surface area contributed by atoms with Gasteiger partial charge < -0.3 is 10.2 Å². The lowest BCUT2D eigenvalue weighted by Gasteiger charge is -2.16. The van der Waals surface area contributed by atoms with Crippen LogP contribution >= 0.6 is 0 Å². The van der Waals surface area contributed by atoms with Crippen molar-refractivity contribution in [2.75, 3.05) is 0 Å². The molecular weight excluding hydrogens is 184 g/mol. The van der Waals surface area contributed by atoms with Crippen LogP contribution in [0.25, 0.3) is 0 Å².